The summed E-state index contributed by atoms with van der Waals surface area (Å²) in [4.78, 5) is 7.83. The van der Waals surface area contributed by atoms with E-state index < -0.39 is 0 Å². The molecule has 4 rings (SSSR count). The Morgan fingerprint density at radius 1 is 1.17 bits per heavy atom. The molecule has 0 amide bonds. The number of fused-ring (bicyclic) bond motifs is 2. The summed E-state index contributed by atoms with van der Waals surface area (Å²) in [5, 5.41) is 0. The van der Waals surface area contributed by atoms with E-state index in [1.165, 1.54) is 5.56 Å². The second kappa shape index (κ2) is 5.58. The minimum atomic E-state index is 0.583. The second-order valence-corrected chi connectivity index (χ2v) is 6.90. The van der Waals surface area contributed by atoms with Gasteiger partial charge in [-0.15, -0.1) is 0 Å². The van der Waals surface area contributed by atoms with Crippen LogP contribution in [-0.2, 0) is 6.42 Å². The van der Waals surface area contributed by atoms with Crippen LogP contribution in [0.3, 0.4) is 0 Å². The van der Waals surface area contributed by atoms with Crippen LogP contribution >= 0.6 is 28.1 Å². The lowest BCUT2D eigenvalue weighted by molar-refractivity contribution is 0.439. The summed E-state index contributed by atoms with van der Waals surface area (Å²) >= 11 is 8.98. The highest BCUT2D eigenvalue weighted by atomic mass is 79.9. The molecule has 1 N–H and O–H groups in total. The van der Waals surface area contributed by atoms with E-state index in [9.17, 15) is 0 Å². The van der Waals surface area contributed by atoms with E-state index in [-0.39, 0.29) is 0 Å². The van der Waals surface area contributed by atoms with Crippen LogP contribution in [0.5, 0.6) is 11.6 Å². The molecule has 2 aromatic carbocycles. The summed E-state index contributed by atoms with van der Waals surface area (Å²) < 4.78 is 7.63. The molecule has 0 fully saturated rings. The average Bonchev–Trinajstić information content (AvgIpc) is 2.54. The number of benzene rings is 2. The van der Waals surface area contributed by atoms with E-state index in [0.29, 0.717) is 10.5 Å². The molecule has 0 bridgehead atoms. The normalized spacial score (nSPS) is 12.3. The van der Waals surface area contributed by atoms with E-state index in [2.05, 4.69) is 51.0 Å². The fraction of sp³-hybridized carbons (Fsp3) is 0.111. The molecule has 3 nitrogen and oxygen atoms in total. The van der Waals surface area contributed by atoms with Gasteiger partial charge in [-0.3, -0.25) is 0 Å². The van der Waals surface area contributed by atoms with Crippen LogP contribution in [0.1, 0.15) is 16.7 Å². The van der Waals surface area contributed by atoms with Crippen molar-refractivity contribution in [3.05, 3.63) is 68.3 Å². The highest BCUT2D eigenvalue weighted by Gasteiger charge is 2.20. The molecule has 0 saturated heterocycles. The molecule has 0 spiro atoms. The first-order valence-electron chi connectivity index (χ1n) is 7.27. The summed E-state index contributed by atoms with van der Waals surface area (Å²) in [6, 6.07) is 14.2. The maximum Gasteiger partial charge on any atom is 0.205 e. The number of hydrogen-bond donors (Lipinski definition) is 1. The molecule has 2 heterocycles. The number of nitrogens with zero attached hydrogens (tertiary/aromatic N) is 1. The van der Waals surface area contributed by atoms with Crippen LogP contribution in [0.2, 0.25) is 0 Å². The molecule has 23 heavy (non-hydrogen) atoms. The minimum absolute atomic E-state index is 0.583. The maximum absolute atomic E-state index is 6.02. The van der Waals surface area contributed by atoms with Crippen molar-refractivity contribution in [2.45, 2.75) is 13.3 Å². The third-order valence-corrected chi connectivity index (χ3v) is 4.74. The molecular weight excluding hydrogens is 372 g/mol. The zero-order valence-electron chi connectivity index (χ0n) is 12.4. The topological polar surface area (TPSA) is 37.9 Å². The first kappa shape index (κ1) is 14.6. The first-order chi connectivity index (χ1) is 11.1. The van der Waals surface area contributed by atoms with Gasteiger partial charge in [0.1, 0.15) is 16.2 Å². The van der Waals surface area contributed by atoms with Gasteiger partial charge in [-0.1, -0.05) is 58.0 Å². The molecule has 0 aliphatic carbocycles. The average molecular weight is 385 g/mol. The van der Waals surface area contributed by atoms with E-state index >= 15 is 0 Å². The Hall–Kier alpha value is -1.98. The Morgan fingerprint density at radius 3 is 2.74 bits per heavy atom. The van der Waals surface area contributed by atoms with Crippen molar-refractivity contribution in [2.75, 3.05) is 0 Å². The lowest BCUT2D eigenvalue weighted by Gasteiger charge is -2.20. The summed E-state index contributed by atoms with van der Waals surface area (Å²) in [5.74, 6) is 2.28. The van der Waals surface area contributed by atoms with E-state index in [4.69, 9.17) is 17.0 Å². The number of nitrogens with one attached hydrogen (secondary N) is 1. The van der Waals surface area contributed by atoms with Crippen LogP contribution in [0.15, 0.2) is 46.9 Å². The van der Waals surface area contributed by atoms with Crippen molar-refractivity contribution in [3.8, 4) is 23.0 Å². The lowest BCUT2D eigenvalue weighted by Crippen LogP contribution is -2.07. The molecule has 5 heteroatoms. The monoisotopic (exact) mass is 384 g/mol. The molecule has 0 atom stereocenters. The predicted octanol–water partition coefficient (Wildman–Crippen LogP) is 5.57. The van der Waals surface area contributed by atoms with Crippen LogP contribution in [-0.4, -0.2) is 9.97 Å². The number of ether oxygens (including phenoxy) is 1. The van der Waals surface area contributed by atoms with Gasteiger partial charge >= 0.3 is 0 Å². The number of aryl methyl sites for hydroxylation is 1. The van der Waals surface area contributed by atoms with Crippen molar-refractivity contribution in [2.24, 2.45) is 0 Å². The minimum Gasteiger partial charge on any atom is -0.440 e. The predicted molar refractivity (Wildman–Crippen MR) is 96.6 cm³/mol. The second-order valence-electron chi connectivity index (χ2n) is 5.60. The molecule has 1 aliphatic heterocycles. The van der Waals surface area contributed by atoms with Gasteiger partial charge < -0.3 is 9.72 Å². The molecule has 114 valence electrons. The number of aromatic amines is 1. The molecule has 1 aliphatic rings. The summed E-state index contributed by atoms with van der Waals surface area (Å²) in [6.07, 6.45) is 0.723. The van der Waals surface area contributed by atoms with E-state index in [1.54, 1.807) is 0 Å². The molecule has 0 saturated carbocycles. The van der Waals surface area contributed by atoms with Crippen LogP contribution in [0.4, 0.5) is 0 Å². The van der Waals surface area contributed by atoms with Crippen molar-refractivity contribution < 1.29 is 4.74 Å². The Bertz CT molecular complexity index is 964. The van der Waals surface area contributed by atoms with Crippen LogP contribution in [0.25, 0.3) is 11.4 Å². The molecule has 3 aromatic rings. The number of halogens is 1. The van der Waals surface area contributed by atoms with E-state index in [0.717, 1.165) is 39.2 Å². The smallest absolute Gasteiger partial charge is 0.205 e. The van der Waals surface area contributed by atoms with Crippen molar-refractivity contribution in [1.82, 2.24) is 9.97 Å². The SMILES string of the molecule is Cc1ccc(-c2nc(=S)c3c([nH]2)Oc2ccc(Br)cc2C3)cc1. The highest BCUT2D eigenvalue weighted by Crippen LogP contribution is 2.37. The summed E-state index contributed by atoms with van der Waals surface area (Å²) in [6.45, 7) is 2.06. The van der Waals surface area contributed by atoms with Gasteiger partial charge in [0.25, 0.3) is 0 Å². The first-order valence-corrected chi connectivity index (χ1v) is 8.47. The number of rotatable bonds is 1. The Balaban J connectivity index is 1.81. The van der Waals surface area contributed by atoms with Gasteiger partial charge in [-0.05, 0) is 25.1 Å². The zero-order valence-corrected chi connectivity index (χ0v) is 14.8. The largest absolute Gasteiger partial charge is 0.440 e. The third kappa shape index (κ3) is 2.71. The van der Waals surface area contributed by atoms with Gasteiger partial charge in [0, 0.05) is 22.0 Å². The fourth-order valence-electron chi connectivity index (χ4n) is 2.65. The molecule has 0 unspecified atom stereocenters. The van der Waals surface area contributed by atoms with Crippen molar-refractivity contribution >= 4 is 28.1 Å². The van der Waals surface area contributed by atoms with Crippen LogP contribution in [0, 0.1) is 11.6 Å². The quantitative estimate of drug-likeness (QED) is 0.435. The Labute approximate surface area is 147 Å². The standard InChI is InChI=1S/C18H13BrN2OS/c1-10-2-4-11(5-3-10)16-20-17-14(18(23)21-16)9-12-8-13(19)6-7-15(12)22-17/h2-8H,9H2,1H3,(H,20,21,23). The number of aromatic nitrogens is 2. The van der Waals surface area contributed by atoms with Crippen molar-refractivity contribution in [3.63, 3.8) is 0 Å². The van der Waals surface area contributed by atoms with Gasteiger partial charge in [0.15, 0.2) is 0 Å². The lowest BCUT2D eigenvalue weighted by atomic mass is 10.0. The Kier molecular flexibility index (Phi) is 3.54. The molecule has 0 radical (unpaired) electrons. The number of H-pyrrole nitrogens is 1. The van der Waals surface area contributed by atoms with E-state index in [1.807, 2.05) is 24.3 Å². The van der Waals surface area contributed by atoms with Crippen LogP contribution < -0.4 is 4.74 Å². The molecular formula is C18H13BrN2OS. The summed E-state index contributed by atoms with van der Waals surface area (Å²) in [7, 11) is 0. The van der Waals surface area contributed by atoms with Gasteiger partial charge in [-0.2, -0.15) is 0 Å². The van der Waals surface area contributed by atoms with Crippen molar-refractivity contribution in [1.29, 1.82) is 0 Å². The Morgan fingerprint density at radius 2 is 1.96 bits per heavy atom. The zero-order chi connectivity index (χ0) is 16.0. The van der Waals surface area contributed by atoms with Gasteiger partial charge in [-0.25, -0.2) is 4.98 Å². The maximum atomic E-state index is 6.02. The summed E-state index contributed by atoms with van der Waals surface area (Å²) in [5.41, 5.74) is 4.24. The molecule has 1 aromatic heterocycles. The number of hydrogen-bond acceptors (Lipinski definition) is 3. The fourth-order valence-corrected chi connectivity index (χ4v) is 3.32. The van der Waals surface area contributed by atoms with Gasteiger partial charge in [0.2, 0.25) is 5.88 Å². The highest BCUT2D eigenvalue weighted by molar-refractivity contribution is 9.10. The third-order valence-electron chi connectivity index (χ3n) is 3.90. The van der Waals surface area contributed by atoms with Gasteiger partial charge in [0.05, 0.1) is 5.56 Å².